The van der Waals surface area contributed by atoms with Crippen LogP contribution in [0.25, 0.3) is 0 Å². The van der Waals surface area contributed by atoms with Gasteiger partial charge in [0.2, 0.25) is 0 Å². The Balaban J connectivity index is 5.19. The molecule has 6 atom stereocenters. The Morgan fingerprint density at radius 1 is 0.275 bits per heavy atom. The minimum absolute atomic E-state index is 0.104. The Morgan fingerprint density at radius 2 is 0.471 bits per heavy atom. The fraction of sp³-hybridized carbons (Fsp3) is 0.952. The molecule has 0 aliphatic rings. The lowest BCUT2D eigenvalue weighted by molar-refractivity contribution is -0.161. The van der Waals surface area contributed by atoms with Crippen LogP contribution in [-0.4, -0.2) is 96.7 Å². The first-order valence-corrected chi connectivity index (χ1v) is 45.7. The van der Waals surface area contributed by atoms with Crippen LogP contribution in [0.1, 0.15) is 428 Å². The summed E-state index contributed by atoms with van der Waals surface area (Å²) in [6.07, 6.45) is 60.0. The van der Waals surface area contributed by atoms with Crippen molar-refractivity contribution in [2.75, 3.05) is 39.6 Å². The van der Waals surface area contributed by atoms with E-state index in [4.69, 9.17) is 37.0 Å². The molecule has 0 aliphatic carbocycles. The van der Waals surface area contributed by atoms with Gasteiger partial charge in [-0.15, -0.1) is 0 Å². The van der Waals surface area contributed by atoms with Gasteiger partial charge in [-0.2, -0.15) is 0 Å². The summed E-state index contributed by atoms with van der Waals surface area (Å²) in [6, 6.07) is 0. The van der Waals surface area contributed by atoms with Crippen LogP contribution in [0.4, 0.5) is 0 Å². The standard InChI is InChI=1S/C83H162O17P2/c1-9-76(8)62-54-46-37-31-25-21-17-12-10-11-13-18-22-26-32-38-47-55-63-80(85)93-69-78(99-82(87)65-57-49-39-33-27-23-19-15-14-16-20-24-29-35-43-51-59-73(2)3)71-97-101(89,90)95-67-77(84)68-96-102(91,92)98-72-79(70-94-81(86)64-56-48-42-41-45-53-61-75(6)7)100-83(88)66-58-50-40-34-28-30-36-44-52-60-74(4)5/h73-79,84H,9-72H2,1-8H3,(H,89,90)(H,91,92)/t76?,77-,78-,79-/m1/s1. The fourth-order valence-electron chi connectivity index (χ4n) is 12.8. The Hall–Kier alpha value is -1.94. The van der Waals surface area contributed by atoms with Crippen molar-refractivity contribution in [3.8, 4) is 0 Å². The first-order valence-electron chi connectivity index (χ1n) is 42.7. The molecular weight excluding hydrogens is 1330 g/mol. The van der Waals surface area contributed by atoms with Crippen molar-refractivity contribution >= 4 is 39.5 Å². The Morgan fingerprint density at radius 3 is 0.696 bits per heavy atom. The van der Waals surface area contributed by atoms with Crippen LogP contribution in [0, 0.1) is 23.7 Å². The van der Waals surface area contributed by atoms with Crippen molar-refractivity contribution in [1.82, 2.24) is 0 Å². The van der Waals surface area contributed by atoms with Crippen molar-refractivity contribution in [3.05, 3.63) is 0 Å². The zero-order valence-corrected chi connectivity index (χ0v) is 69.0. The number of ether oxygens (including phenoxy) is 4. The van der Waals surface area contributed by atoms with E-state index < -0.39 is 97.5 Å². The van der Waals surface area contributed by atoms with E-state index in [0.29, 0.717) is 31.6 Å². The van der Waals surface area contributed by atoms with Crippen molar-refractivity contribution < 1.29 is 80.2 Å². The van der Waals surface area contributed by atoms with Crippen molar-refractivity contribution in [1.29, 1.82) is 0 Å². The molecule has 0 saturated heterocycles. The highest BCUT2D eigenvalue weighted by Gasteiger charge is 2.30. The molecule has 0 aromatic rings. The number of esters is 4. The van der Waals surface area contributed by atoms with E-state index in [0.717, 1.165) is 114 Å². The van der Waals surface area contributed by atoms with E-state index >= 15 is 0 Å². The zero-order valence-electron chi connectivity index (χ0n) is 67.2. The first kappa shape index (κ1) is 100. The second kappa shape index (κ2) is 72.0. The Kier molecular flexibility index (Phi) is 70.6. The Bertz CT molecular complexity index is 1990. The monoisotopic (exact) mass is 1490 g/mol. The molecular formula is C83H162O17P2. The number of hydrogen-bond donors (Lipinski definition) is 3. The normalized spacial score (nSPS) is 14.3. The molecule has 102 heavy (non-hydrogen) atoms. The number of phosphoric ester groups is 2. The number of unbranched alkanes of at least 4 members (excludes halogenated alkanes) is 45. The number of phosphoric acid groups is 2. The van der Waals surface area contributed by atoms with Gasteiger partial charge in [-0.05, 0) is 49.4 Å². The third-order valence-corrected chi connectivity index (χ3v) is 21.6. The summed E-state index contributed by atoms with van der Waals surface area (Å²) in [5.41, 5.74) is 0. The number of hydrogen-bond acceptors (Lipinski definition) is 15. The van der Waals surface area contributed by atoms with E-state index in [2.05, 4.69) is 55.4 Å². The fourth-order valence-corrected chi connectivity index (χ4v) is 14.3. The quantitative estimate of drug-likeness (QED) is 0.0222. The molecule has 0 spiro atoms. The van der Waals surface area contributed by atoms with Gasteiger partial charge in [0.15, 0.2) is 12.2 Å². The molecule has 19 heteroatoms. The van der Waals surface area contributed by atoms with Gasteiger partial charge < -0.3 is 33.8 Å². The molecule has 0 aliphatic heterocycles. The average molecular weight is 1490 g/mol. The molecule has 0 radical (unpaired) electrons. The van der Waals surface area contributed by atoms with E-state index in [9.17, 15) is 43.2 Å². The summed E-state index contributed by atoms with van der Waals surface area (Å²) < 4.78 is 68.7. The topological polar surface area (TPSA) is 237 Å². The molecule has 0 aromatic heterocycles. The SMILES string of the molecule is CCC(C)CCCCCCCCCCCCCCCCCCCCC(=O)OC[C@H](COP(=O)(O)OC[C@@H](O)COP(=O)(O)OC[C@@H](COC(=O)CCCCCCCCC(C)C)OC(=O)CCCCCCCCCCCC(C)C)OC(=O)CCCCCCCCCCCCCCCCCCC(C)C. The molecule has 0 rings (SSSR count). The average Bonchev–Trinajstić information content (AvgIpc) is 0.933. The van der Waals surface area contributed by atoms with Gasteiger partial charge in [0.1, 0.15) is 19.3 Å². The van der Waals surface area contributed by atoms with Crippen molar-refractivity contribution in [2.24, 2.45) is 23.7 Å². The van der Waals surface area contributed by atoms with Crippen LogP contribution in [0.2, 0.25) is 0 Å². The lowest BCUT2D eigenvalue weighted by Crippen LogP contribution is -2.30. The highest BCUT2D eigenvalue weighted by atomic mass is 31.2. The van der Waals surface area contributed by atoms with Crippen LogP contribution in [0.15, 0.2) is 0 Å². The van der Waals surface area contributed by atoms with Gasteiger partial charge in [-0.25, -0.2) is 9.13 Å². The minimum Gasteiger partial charge on any atom is -0.462 e. The smallest absolute Gasteiger partial charge is 0.462 e. The molecule has 17 nitrogen and oxygen atoms in total. The Labute approximate surface area is 626 Å². The minimum atomic E-state index is -4.96. The van der Waals surface area contributed by atoms with Crippen LogP contribution in [0.5, 0.6) is 0 Å². The van der Waals surface area contributed by atoms with E-state index in [1.54, 1.807) is 0 Å². The highest BCUT2D eigenvalue weighted by Crippen LogP contribution is 2.45. The first-order chi connectivity index (χ1) is 49.1. The lowest BCUT2D eigenvalue weighted by atomic mass is 9.99. The molecule has 0 amide bonds. The summed E-state index contributed by atoms with van der Waals surface area (Å²) in [5.74, 6) is 0.983. The summed E-state index contributed by atoms with van der Waals surface area (Å²) in [7, 11) is -9.92. The van der Waals surface area contributed by atoms with Gasteiger partial charge in [0, 0.05) is 25.7 Å². The van der Waals surface area contributed by atoms with Gasteiger partial charge in [0.05, 0.1) is 26.4 Å². The zero-order chi connectivity index (χ0) is 75.3. The summed E-state index contributed by atoms with van der Waals surface area (Å²) in [6.45, 7) is 14.2. The maximum absolute atomic E-state index is 13.1. The summed E-state index contributed by atoms with van der Waals surface area (Å²) >= 11 is 0. The second-order valence-corrected chi connectivity index (χ2v) is 34.4. The van der Waals surface area contributed by atoms with E-state index in [-0.39, 0.29) is 25.7 Å². The van der Waals surface area contributed by atoms with Crippen LogP contribution in [0.3, 0.4) is 0 Å². The predicted octanol–water partition coefficient (Wildman–Crippen LogP) is 24.8. The largest absolute Gasteiger partial charge is 0.472 e. The molecule has 3 unspecified atom stereocenters. The third-order valence-electron chi connectivity index (χ3n) is 19.7. The van der Waals surface area contributed by atoms with E-state index in [1.165, 1.54) is 225 Å². The van der Waals surface area contributed by atoms with E-state index in [1.807, 2.05) is 0 Å². The van der Waals surface area contributed by atoms with Crippen LogP contribution >= 0.6 is 15.6 Å². The maximum Gasteiger partial charge on any atom is 0.472 e. The summed E-state index contributed by atoms with van der Waals surface area (Å²) in [4.78, 5) is 73.0. The molecule has 606 valence electrons. The molecule has 0 saturated carbocycles. The predicted molar refractivity (Wildman–Crippen MR) is 418 cm³/mol. The summed E-state index contributed by atoms with van der Waals surface area (Å²) in [5, 5.41) is 10.6. The van der Waals surface area contributed by atoms with Crippen molar-refractivity contribution in [2.45, 2.75) is 446 Å². The molecule has 0 fully saturated rings. The van der Waals surface area contributed by atoms with Gasteiger partial charge in [0.25, 0.3) is 0 Å². The number of aliphatic hydroxyl groups excluding tert-OH is 1. The van der Waals surface area contributed by atoms with Crippen LogP contribution < -0.4 is 0 Å². The number of rotatable bonds is 80. The number of aliphatic hydroxyl groups is 1. The number of carbonyl (C=O) groups is 4. The molecule has 0 heterocycles. The van der Waals surface area contributed by atoms with Gasteiger partial charge >= 0.3 is 39.5 Å². The third kappa shape index (κ3) is 74.9. The molecule has 0 aromatic carbocycles. The highest BCUT2D eigenvalue weighted by molar-refractivity contribution is 7.47. The second-order valence-electron chi connectivity index (χ2n) is 31.5. The molecule has 3 N–H and O–H groups in total. The lowest BCUT2D eigenvalue weighted by Gasteiger charge is -2.21. The van der Waals surface area contributed by atoms with Crippen LogP contribution in [-0.2, 0) is 65.4 Å². The number of carbonyl (C=O) groups excluding carboxylic acids is 4. The van der Waals surface area contributed by atoms with Crippen molar-refractivity contribution in [3.63, 3.8) is 0 Å². The van der Waals surface area contributed by atoms with Gasteiger partial charge in [-0.1, -0.05) is 376 Å². The van der Waals surface area contributed by atoms with Gasteiger partial charge in [-0.3, -0.25) is 37.3 Å². The molecule has 0 bridgehead atoms. The maximum atomic E-state index is 13.1.